The van der Waals surface area contributed by atoms with Crippen molar-refractivity contribution in [3.8, 4) is 5.75 Å². The van der Waals surface area contributed by atoms with Gasteiger partial charge in [0.05, 0.1) is 5.69 Å². The van der Waals surface area contributed by atoms with Gasteiger partial charge >= 0.3 is 0 Å². The van der Waals surface area contributed by atoms with Gasteiger partial charge < -0.3 is 10.4 Å². The minimum absolute atomic E-state index is 0.240. The van der Waals surface area contributed by atoms with Gasteiger partial charge in [-0.3, -0.25) is 4.98 Å². The largest absolute Gasteiger partial charge is 0.506 e. The van der Waals surface area contributed by atoms with Gasteiger partial charge in [-0.05, 0) is 36.8 Å². The molecular formula is C14H15BrN2O. The lowest BCUT2D eigenvalue weighted by Gasteiger charge is -2.07. The molecule has 2 N–H and O–H groups in total. The van der Waals surface area contributed by atoms with Crippen LogP contribution in [0, 0.1) is 6.92 Å². The van der Waals surface area contributed by atoms with Crippen LogP contribution in [-0.2, 0) is 13.1 Å². The number of nitrogens with zero attached hydrogens (tertiary/aromatic N) is 1. The third-order valence-electron chi connectivity index (χ3n) is 2.62. The highest BCUT2D eigenvalue weighted by Crippen LogP contribution is 2.14. The molecule has 0 bridgehead atoms. The predicted octanol–water partition coefficient (Wildman–Crippen LogP) is 3.15. The predicted molar refractivity (Wildman–Crippen MR) is 75.3 cm³/mol. The lowest BCUT2D eigenvalue weighted by Crippen LogP contribution is -2.14. The van der Waals surface area contributed by atoms with Crippen LogP contribution in [-0.4, -0.2) is 10.1 Å². The van der Waals surface area contributed by atoms with E-state index < -0.39 is 0 Å². The van der Waals surface area contributed by atoms with Gasteiger partial charge in [-0.15, -0.1) is 0 Å². The Bertz CT molecular complexity index is 526. The summed E-state index contributed by atoms with van der Waals surface area (Å²) in [5.41, 5.74) is 2.80. The van der Waals surface area contributed by atoms with Crippen LogP contribution in [0.25, 0.3) is 0 Å². The van der Waals surface area contributed by atoms with E-state index >= 15 is 0 Å². The van der Waals surface area contributed by atoms with Gasteiger partial charge in [0.1, 0.15) is 5.75 Å². The maximum atomic E-state index is 9.66. The van der Waals surface area contributed by atoms with Gasteiger partial charge in [0.2, 0.25) is 0 Å². The summed E-state index contributed by atoms with van der Waals surface area (Å²) >= 11 is 3.40. The molecule has 2 rings (SSSR count). The molecule has 94 valence electrons. The molecule has 0 amide bonds. The van der Waals surface area contributed by atoms with E-state index in [0.29, 0.717) is 12.2 Å². The maximum Gasteiger partial charge on any atom is 0.138 e. The smallest absolute Gasteiger partial charge is 0.138 e. The van der Waals surface area contributed by atoms with Crippen LogP contribution in [0.5, 0.6) is 5.75 Å². The van der Waals surface area contributed by atoms with Crippen molar-refractivity contribution in [2.75, 3.05) is 0 Å². The minimum Gasteiger partial charge on any atom is -0.506 e. The van der Waals surface area contributed by atoms with E-state index in [1.165, 1.54) is 5.56 Å². The summed E-state index contributed by atoms with van der Waals surface area (Å²) in [7, 11) is 0. The molecule has 0 aliphatic carbocycles. The Labute approximate surface area is 115 Å². The van der Waals surface area contributed by atoms with Crippen molar-refractivity contribution in [2.24, 2.45) is 0 Å². The first-order valence-electron chi connectivity index (χ1n) is 5.76. The van der Waals surface area contributed by atoms with E-state index in [1.807, 2.05) is 19.1 Å². The molecule has 1 aromatic carbocycles. The SMILES string of the molecule is Cc1ccc(O)c(CNCc2ccc(Br)cc2)n1. The normalized spacial score (nSPS) is 10.6. The molecule has 1 aromatic heterocycles. The zero-order chi connectivity index (χ0) is 13.0. The van der Waals surface area contributed by atoms with Gasteiger partial charge in [-0.1, -0.05) is 28.1 Å². The Morgan fingerprint density at radius 3 is 2.56 bits per heavy atom. The highest BCUT2D eigenvalue weighted by Gasteiger charge is 2.02. The molecule has 18 heavy (non-hydrogen) atoms. The Hall–Kier alpha value is -1.39. The molecule has 0 spiro atoms. The summed E-state index contributed by atoms with van der Waals surface area (Å²) in [4.78, 5) is 4.30. The first-order chi connectivity index (χ1) is 8.65. The highest BCUT2D eigenvalue weighted by atomic mass is 79.9. The molecule has 2 aromatic rings. The van der Waals surface area contributed by atoms with Crippen LogP contribution >= 0.6 is 15.9 Å². The molecule has 0 saturated heterocycles. The van der Waals surface area contributed by atoms with Crippen LogP contribution in [0.2, 0.25) is 0 Å². The first kappa shape index (κ1) is 13.1. The molecule has 0 aliphatic rings. The summed E-state index contributed by atoms with van der Waals surface area (Å²) < 4.78 is 1.07. The van der Waals surface area contributed by atoms with Crippen LogP contribution in [0.4, 0.5) is 0 Å². The standard InChI is InChI=1S/C14H15BrN2O/c1-10-2-7-14(18)13(17-10)9-16-8-11-3-5-12(15)6-4-11/h2-7,16,18H,8-9H2,1H3. The van der Waals surface area contributed by atoms with Gasteiger partial charge in [0.25, 0.3) is 0 Å². The maximum absolute atomic E-state index is 9.66. The van der Waals surface area contributed by atoms with Crippen LogP contribution < -0.4 is 5.32 Å². The summed E-state index contributed by atoms with van der Waals surface area (Å²) in [5, 5.41) is 12.9. The second-order valence-corrected chi connectivity index (χ2v) is 5.06. The number of pyridine rings is 1. The van der Waals surface area contributed by atoms with Crippen molar-refractivity contribution in [1.82, 2.24) is 10.3 Å². The second kappa shape index (κ2) is 5.98. The average Bonchev–Trinajstić information content (AvgIpc) is 2.36. The molecule has 0 atom stereocenters. The molecule has 0 saturated carbocycles. The highest BCUT2D eigenvalue weighted by molar-refractivity contribution is 9.10. The molecule has 0 radical (unpaired) electrons. The fraction of sp³-hybridized carbons (Fsp3) is 0.214. The molecule has 4 heteroatoms. The zero-order valence-corrected chi connectivity index (χ0v) is 11.7. The molecular weight excluding hydrogens is 292 g/mol. The van der Waals surface area contributed by atoms with Crippen LogP contribution in [0.15, 0.2) is 40.9 Å². The second-order valence-electron chi connectivity index (χ2n) is 4.15. The lowest BCUT2D eigenvalue weighted by molar-refractivity contribution is 0.459. The van der Waals surface area contributed by atoms with E-state index in [1.54, 1.807) is 12.1 Å². The summed E-state index contributed by atoms with van der Waals surface area (Å²) in [5.74, 6) is 0.240. The van der Waals surface area contributed by atoms with E-state index in [2.05, 4.69) is 38.4 Å². The fourth-order valence-electron chi connectivity index (χ4n) is 1.66. The Morgan fingerprint density at radius 2 is 1.83 bits per heavy atom. The number of rotatable bonds is 4. The third kappa shape index (κ3) is 3.55. The van der Waals surface area contributed by atoms with Crippen LogP contribution in [0.3, 0.4) is 0 Å². The van der Waals surface area contributed by atoms with Crippen LogP contribution in [0.1, 0.15) is 17.0 Å². The molecule has 0 aliphatic heterocycles. The van der Waals surface area contributed by atoms with Crippen molar-refractivity contribution < 1.29 is 5.11 Å². The van der Waals surface area contributed by atoms with E-state index in [-0.39, 0.29) is 5.75 Å². The average molecular weight is 307 g/mol. The summed E-state index contributed by atoms with van der Waals surface area (Å²) in [6.07, 6.45) is 0. The number of aromatic hydroxyl groups is 1. The van der Waals surface area contributed by atoms with Crippen molar-refractivity contribution in [2.45, 2.75) is 20.0 Å². The van der Waals surface area contributed by atoms with E-state index in [9.17, 15) is 5.11 Å². The number of halogens is 1. The molecule has 0 unspecified atom stereocenters. The number of nitrogens with one attached hydrogen (secondary N) is 1. The Morgan fingerprint density at radius 1 is 1.11 bits per heavy atom. The number of aromatic nitrogens is 1. The fourth-order valence-corrected chi connectivity index (χ4v) is 1.93. The van der Waals surface area contributed by atoms with E-state index in [0.717, 1.165) is 16.7 Å². The number of benzene rings is 1. The van der Waals surface area contributed by atoms with Crippen molar-refractivity contribution in [3.63, 3.8) is 0 Å². The lowest BCUT2D eigenvalue weighted by atomic mass is 10.2. The number of hydrogen-bond donors (Lipinski definition) is 2. The van der Waals surface area contributed by atoms with Crippen molar-refractivity contribution >= 4 is 15.9 Å². The topological polar surface area (TPSA) is 45.1 Å². The zero-order valence-electron chi connectivity index (χ0n) is 10.2. The molecule has 1 heterocycles. The quantitative estimate of drug-likeness (QED) is 0.912. The Balaban J connectivity index is 1.92. The van der Waals surface area contributed by atoms with Crippen molar-refractivity contribution in [1.29, 1.82) is 0 Å². The van der Waals surface area contributed by atoms with E-state index in [4.69, 9.17) is 0 Å². The van der Waals surface area contributed by atoms with Gasteiger partial charge in [-0.25, -0.2) is 0 Å². The number of hydrogen-bond acceptors (Lipinski definition) is 3. The third-order valence-corrected chi connectivity index (χ3v) is 3.15. The van der Waals surface area contributed by atoms with Gasteiger partial charge in [0, 0.05) is 23.3 Å². The van der Waals surface area contributed by atoms with Crippen molar-refractivity contribution in [3.05, 3.63) is 57.8 Å². The molecule has 0 fully saturated rings. The van der Waals surface area contributed by atoms with Gasteiger partial charge in [-0.2, -0.15) is 0 Å². The summed E-state index contributed by atoms with van der Waals surface area (Å²) in [6.45, 7) is 3.23. The molecule has 3 nitrogen and oxygen atoms in total. The number of aryl methyl sites for hydroxylation is 1. The van der Waals surface area contributed by atoms with Gasteiger partial charge in [0.15, 0.2) is 0 Å². The Kier molecular flexibility index (Phi) is 4.33. The minimum atomic E-state index is 0.240. The monoisotopic (exact) mass is 306 g/mol. The summed E-state index contributed by atoms with van der Waals surface area (Å²) in [6, 6.07) is 11.6. The first-order valence-corrected chi connectivity index (χ1v) is 6.55.